The molecule has 4 bridgehead atoms. The molecule has 0 aliphatic heterocycles. The van der Waals surface area contributed by atoms with E-state index in [0.717, 1.165) is 19.3 Å². The highest BCUT2D eigenvalue weighted by atomic mass is 16.5. The molecule has 3 amide bonds. The number of ether oxygens (including phenoxy) is 1. The molecule has 1 atom stereocenters. The van der Waals surface area contributed by atoms with Gasteiger partial charge >= 0.3 is 0 Å². The molecule has 2 N–H and O–H groups in total. The van der Waals surface area contributed by atoms with E-state index in [1.54, 1.807) is 45.3 Å². The average Bonchev–Trinajstić information content (AvgIpc) is 2.72. The highest BCUT2D eigenvalue weighted by molar-refractivity contribution is 5.96. The van der Waals surface area contributed by atoms with Crippen LogP contribution in [0.2, 0.25) is 0 Å². The number of anilines is 1. The van der Waals surface area contributed by atoms with Crippen LogP contribution in [0.25, 0.3) is 0 Å². The summed E-state index contributed by atoms with van der Waals surface area (Å²) in [5.74, 6) is 2.20. The summed E-state index contributed by atoms with van der Waals surface area (Å²) in [6.45, 7) is 1.63. The molecule has 4 saturated carbocycles. The molecule has 7 nitrogen and oxygen atoms in total. The molecule has 1 aromatic carbocycles. The van der Waals surface area contributed by atoms with E-state index in [2.05, 4.69) is 10.6 Å². The van der Waals surface area contributed by atoms with Gasteiger partial charge in [-0.15, -0.1) is 0 Å². The van der Waals surface area contributed by atoms with Crippen LogP contribution in [0.4, 0.5) is 5.69 Å². The Kier molecular flexibility index (Phi) is 5.95. The van der Waals surface area contributed by atoms with Gasteiger partial charge < -0.3 is 20.3 Å². The monoisotopic (exact) mass is 427 g/mol. The van der Waals surface area contributed by atoms with Crippen LogP contribution in [0.3, 0.4) is 0 Å². The van der Waals surface area contributed by atoms with Crippen molar-refractivity contribution in [1.29, 1.82) is 0 Å². The summed E-state index contributed by atoms with van der Waals surface area (Å²) in [6.07, 6.45) is 6.71. The molecule has 4 fully saturated rings. The molecule has 4 aliphatic carbocycles. The van der Waals surface area contributed by atoms with Gasteiger partial charge in [-0.3, -0.25) is 14.4 Å². The second kappa shape index (κ2) is 8.52. The van der Waals surface area contributed by atoms with E-state index in [1.807, 2.05) is 0 Å². The van der Waals surface area contributed by atoms with Gasteiger partial charge in [0.05, 0.1) is 13.7 Å². The molecule has 0 saturated heterocycles. The highest BCUT2D eigenvalue weighted by Gasteiger charge is 2.54. The van der Waals surface area contributed by atoms with Gasteiger partial charge in [-0.05, 0) is 87.5 Å². The van der Waals surface area contributed by atoms with Gasteiger partial charge in [-0.1, -0.05) is 0 Å². The van der Waals surface area contributed by atoms with Crippen molar-refractivity contribution in [2.75, 3.05) is 26.0 Å². The van der Waals surface area contributed by atoms with Crippen molar-refractivity contribution >= 4 is 23.4 Å². The van der Waals surface area contributed by atoms with E-state index in [9.17, 15) is 14.4 Å². The first kappa shape index (κ1) is 21.7. The first-order valence-corrected chi connectivity index (χ1v) is 11.3. The van der Waals surface area contributed by atoms with Crippen LogP contribution in [-0.2, 0) is 14.4 Å². The second-order valence-corrected chi connectivity index (χ2v) is 9.86. The predicted octanol–water partition coefficient (Wildman–Crippen LogP) is 2.81. The van der Waals surface area contributed by atoms with Crippen molar-refractivity contribution in [3.63, 3.8) is 0 Å². The van der Waals surface area contributed by atoms with Gasteiger partial charge in [-0.25, -0.2) is 0 Å². The summed E-state index contributed by atoms with van der Waals surface area (Å²) in [6, 6.07) is 6.35. The summed E-state index contributed by atoms with van der Waals surface area (Å²) in [5, 5.41) is 5.75. The van der Waals surface area contributed by atoms with E-state index >= 15 is 0 Å². The summed E-state index contributed by atoms with van der Waals surface area (Å²) in [4.78, 5) is 39.7. The number of amides is 3. The molecule has 0 aromatic heterocycles. The molecule has 0 radical (unpaired) electrons. The van der Waals surface area contributed by atoms with Crippen LogP contribution in [0.5, 0.6) is 5.75 Å². The predicted molar refractivity (Wildman–Crippen MR) is 117 cm³/mol. The van der Waals surface area contributed by atoms with Crippen molar-refractivity contribution in [3.05, 3.63) is 24.3 Å². The Balaban J connectivity index is 1.29. The Labute approximate surface area is 183 Å². The quantitative estimate of drug-likeness (QED) is 0.700. The first-order chi connectivity index (χ1) is 14.8. The number of rotatable bonds is 7. The Morgan fingerprint density at radius 2 is 1.61 bits per heavy atom. The van der Waals surface area contributed by atoms with Crippen LogP contribution in [0.1, 0.15) is 45.4 Å². The minimum absolute atomic E-state index is 0.0311. The molecule has 5 rings (SSSR count). The Morgan fingerprint density at radius 1 is 1.06 bits per heavy atom. The minimum atomic E-state index is -0.653. The molecular weight excluding hydrogens is 394 g/mol. The number of nitrogens with zero attached hydrogens (tertiary/aromatic N) is 1. The summed E-state index contributed by atoms with van der Waals surface area (Å²) >= 11 is 0. The lowest BCUT2D eigenvalue weighted by Gasteiger charge is -2.55. The molecular formula is C24H33N3O4. The molecule has 0 spiro atoms. The highest BCUT2D eigenvalue weighted by Crippen LogP contribution is 2.60. The number of hydrogen-bond acceptors (Lipinski definition) is 4. The van der Waals surface area contributed by atoms with E-state index in [0.29, 0.717) is 29.2 Å². The third-order valence-electron chi connectivity index (χ3n) is 7.37. The fraction of sp³-hybridized carbons (Fsp3) is 0.625. The van der Waals surface area contributed by atoms with E-state index in [4.69, 9.17) is 4.74 Å². The molecule has 1 aromatic rings. The minimum Gasteiger partial charge on any atom is -0.497 e. The van der Waals surface area contributed by atoms with E-state index in [-0.39, 0.29) is 29.7 Å². The summed E-state index contributed by atoms with van der Waals surface area (Å²) in [5.41, 5.74) is 0.350. The Morgan fingerprint density at radius 3 is 2.13 bits per heavy atom. The number of nitrogens with one attached hydrogen (secondary N) is 2. The van der Waals surface area contributed by atoms with Gasteiger partial charge in [0.25, 0.3) is 0 Å². The number of benzene rings is 1. The van der Waals surface area contributed by atoms with Gasteiger partial charge in [-0.2, -0.15) is 0 Å². The third kappa shape index (κ3) is 4.55. The lowest BCUT2D eigenvalue weighted by Crippen LogP contribution is -2.57. The van der Waals surface area contributed by atoms with Crippen molar-refractivity contribution in [2.45, 2.75) is 51.5 Å². The lowest BCUT2D eigenvalue weighted by atomic mass is 9.49. The summed E-state index contributed by atoms with van der Waals surface area (Å²) in [7, 11) is 3.17. The molecule has 0 heterocycles. The maximum Gasteiger partial charge on any atom is 0.245 e. The molecule has 7 heteroatoms. The third-order valence-corrected chi connectivity index (χ3v) is 7.37. The number of carbonyl (C=O) groups excluding carboxylic acids is 3. The maximum absolute atomic E-state index is 13.2. The molecule has 168 valence electrons. The smallest absolute Gasteiger partial charge is 0.245 e. The summed E-state index contributed by atoms with van der Waals surface area (Å²) < 4.78 is 5.10. The van der Waals surface area contributed by atoms with Crippen molar-refractivity contribution in [2.24, 2.45) is 23.2 Å². The molecule has 0 unspecified atom stereocenters. The van der Waals surface area contributed by atoms with Gasteiger partial charge in [0.1, 0.15) is 11.8 Å². The van der Waals surface area contributed by atoms with Crippen LogP contribution in [-0.4, -0.2) is 49.4 Å². The normalized spacial score (nSPS) is 29.2. The van der Waals surface area contributed by atoms with Gasteiger partial charge in [0.2, 0.25) is 17.7 Å². The topological polar surface area (TPSA) is 87.7 Å². The second-order valence-electron chi connectivity index (χ2n) is 9.86. The lowest BCUT2D eigenvalue weighted by molar-refractivity contribution is -0.149. The van der Waals surface area contributed by atoms with Gasteiger partial charge in [0.15, 0.2) is 0 Å². The standard InChI is InChI=1S/C24H33N3O4/c1-15(25-23(30)24-11-16-8-17(12-24)10-18(9-16)13-24)22(29)27(2)14-21(28)26-19-4-6-20(31-3)7-5-19/h4-7,15-18H,8-14H2,1-3H3,(H,25,30)(H,26,28)/t15-,16?,17?,18?,24?/m1/s1. The Bertz CT molecular complexity index is 816. The maximum atomic E-state index is 13.2. The zero-order chi connectivity index (χ0) is 22.2. The van der Waals surface area contributed by atoms with E-state index in [1.165, 1.54) is 24.2 Å². The zero-order valence-corrected chi connectivity index (χ0v) is 18.6. The van der Waals surface area contributed by atoms with Crippen molar-refractivity contribution in [3.8, 4) is 5.75 Å². The number of hydrogen-bond donors (Lipinski definition) is 2. The van der Waals surface area contributed by atoms with Crippen molar-refractivity contribution < 1.29 is 19.1 Å². The number of likely N-dealkylation sites (N-methyl/N-ethyl adjacent to an activating group) is 1. The Hall–Kier alpha value is -2.57. The largest absolute Gasteiger partial charge is 0.497 e. The average molecular weight is 428 g/mol. The number of carbonyl (C=O) groups is 3. The molecule has 4 aliphatic rings. The zero-order valence-electron chi connectivity index (χ0n) is 18.6. The first-order valence-electron chi connectivity index (χ1n) is 11.3. The van der Waals surface area contributed by atoms with Crippen LogP contribution in [0, 0.1) is 23.2 Å². The van der Waals surface area contributed by atoms with Gasteiger partial charge in [0, 0.05) is 18.2 Å². The van der Waals surface area contributed by atoms with Crippen LogP contribution < -0.4 is 15.4 Å². The fourth-order valence-corrected chi connectivity index (χ4v) is 6.30. The number of methoxy groups -OCH3 is 1. The SMILES string of the molecule is COc1ccc(NC(=O)CN(C)C(=O)[C@@H](C)NC(=O)C23CC4CC(CC(C4)C2)C3)cc1. The fourth-order valence-electron chi connectivity index (χ4n) is 6.30. The molecule has 31 heavy (non-hydrogen) atoms. The van der Waals surface area contributed by atoms with Crippen LogP contribution in [0.15, 0.2) is 24.3 Å². The van der Waals surface area contributed by atoms with E-state index < -0.39 is 6.04 Å². The van der Waals surface area contributed by atoms with Crippen molar-refractivity contribution in [1.82, 2.24) is 10.2 Å². The van der Waals surface area contributed by atoms with Crippen LogP contribution >= 0.6 is 0 Å².